The first-order valence-electron chi connectivity index (χ1n) is 5.28. The second kappa shape index (κ2) is 6.61. The molecule has 6 heteroatoms. The van der Waals surface area contributed by atoms with E-state index >= 15 is 0 Å². The van der Waals surface area contributed by atoms with Gasteiger partial charge in [0, 0.05) is 19.2 Å². The molecule has 0 saturated heterocycles. The summed E-state index contributed by atoms with van der Waals surface area (Å²) in [6, 6.07) is 4.13. The molecule has 0 bridgehead atoms. The van der Waals surface area contributed by atoms with Crippen LogP contribution in [-0.2, 0) is 4.74 Å². The largest absolute Gasteiger partial charge is 0.497 e. The zero-order chi connectivity index (χ0) is 13.5. The Kier molecular flexibility index (Phi) is 5.13. The molecule has 0 spiro atoms. The van der Waals surface area contributed by atoms with Crippen molar-refractivity contribution in [1.82, 2.24) is 5.32 Å². The van der Waals surface area contributed by atoms with Gasteiger partial charge in [-0.3, -0.25) is 4.79 Å². The van der Waals surface area contributed by atoms with Gasteiger partial charge in [0.15, 0.2) is 0 Å². The first-order chi connectivity index (χ1) is 8.58. The predicted octanol–water partition coefficient (Wildman–Crippen LogP) is 0.770. The van der Waals surface area contributed by atoms with Crippen molar-refractivity contribution in [2.24, 2.45) is 0 Å². The first kappa shape index (κ1) is 14.0. The molecule has 18 heavy (non-hydrogen) atoms. The molecule has 98 valence electrons. The third-order valence-electron chi connectivity index (χ3n) is 2.24. The standard InChI is InChI=1S/C12H15NO5/c1-17-4-3-13-11(14)8-5-9(12(15)16)7-10(6-8)18-2/h5-7H,3-4H2,1-2H3,(H,13,14)(H,15,16). The van der Waals surface area contributed by atoms with E-state index in [4.69, 9.17) is 14.6 Å². The van der Waals surface area contributed by atoms with E-state index in [9.17, 15) is 9.59 Å². The van der Waals surface area contributed by atoms with Gasteiger partial charge in [-0.15, -0.1) is 0 Å². The van der Waals surface area contributed by atoms with Crippen molar-refractivity contribution in [2.45, 2.75) is 0 Å². The summed E-state index contributed by atoms with van der Waals surface area (Å²) in [4.78, 5) is 22.6. The van der Waals surface area contributed by atoms with Crippen LogP contribution < -0.4 is 10.1 Å². The first-order valence-corrected chi connectivity index (χ1v) is 5.28. The Bertz CT molecular complexity index is 444. The molecule has 0 aliphatic heterocycles. The van der Waals surface area contributed by atoms with Gasteiger partial charge in [0.05, 0.1) is 19.3 Å². The molecule has 1 rings (SSSR count). The maximum absolute atomic E-state index is 11.7. The number of carboxylic acids is 1. The van der Waals surface area contributed by atoms with Crippen LogP contribution in [0.15, 0.2) is 18.2 Å². The molecule has 0 aliphatic carbocycles. The SMILES string of the molecule is COCCNC(=O)c1cc(OC)cc(C(=O)O)c1. The number of rotatable bonds is 6. The number of hydrogen-bond acceptors (Lipinski definition) is 4. The fourth-order valence-electron chi connectivity index (χ4n) is 1.34. The molecule has 0 aliphatic rings. The number of carboxylic acid groups (broad SMARTS) is 1. The number of ether oxygens (including phenoxy) is 2. The maximum atomic E-state index is 11.7. The molecule has 1 amide bonds. The molecule has 1 aromatic carbocycles. The Balaban J connectivity index is 2.90. The fourth-order valence-corrected chi connectivity index (χ4v) is 1.34. The highest BCUT2D eigenvalue weighted by Gasteiger charge is 2.12. The lowest BCUT2D eigenvalue weighted by Gasteiger charge is -2.07. The summed E-state index contributed by atoms with van der Waals surface area (Å²) in [5, 5.41) is 11.5. The Hall–Kier alpha value is -2.08. The quantitative estimate of drug-likeness (QED) is 0.731. The minimum Gasteiger partial charge on any atom is -0.497 e. The number of benzene rings is 1. The van der Waals surface area contributed by atoms with Gasteiger partial charge in [-0.1, -0.05) is 0 Å². The van der Waals surface area contributed by atoms with Crippen LogP contribution >= 0.6 is 0 Å². The third kappa shape index (κ3) is 3.74. The van der Waals surface area contributed by atoms with Gasteiger partial charge in [0.2, 0.25) is 0 Å². The Morgan fingerprint density at radius 1 is 1.22 bits per heavy atom. The van der Waals surface area contributed by atoms with Gasteiger partial charge in [0.1, 0.15) is 5.75 Å². The van der Waals surface area contributed by atoms with E-state index in [0.29, 0.717) is 18.9 Å². The average molecular weight is 253 g/mol. The molecule has 0 unspecified atom stereocenters. The van der Waals surface area contributed by atoms with E-state index in [2.05, 4.69) is 5.32 Å². The van der Waals surface area contributed by atoms with Crippen molar-refractivity contribution in [1.29, 1.82) is 0 Å². The van der Waals surface area contributed by atoms with Crippen LogP contribution in [-0.4, -0.2) is 44.4 Å². The van der Waals surface area contributed by atoms with E-state index in [-0.39, 0.29) is 17.0 Å². The average Bonchev–Trinajstić information content (AvgIpc) is 2.38. The summed E-state index contributed by atoms with van der Waals surface area (Å²) >= 11 is 0. The van der Waals surface area contributed by atoms with E-state index in [1.165, 1.54) is 32.4 Å². The van der Waals surface area contributed by atoms with Gasteiger partial charge < -0.3 is 19.9 Å². The monoisotopic (exact) mass is 253 g/mol. The molecule has 0 atom stereocenters. The lowest BCUT2D eigenvalue weighted by atomic mass is 10.1. The summed E-state index contributed by atoms with van der Waals surface area (Å²) in [5.74, 6) is -1.15. The minimum atomic E-state index is -1.11. The number of carbonyl (C=O) groups excluding carboxylic acids is 1. The van der Waals surface area contributed by atoms with Crippen LogP contribution in [0.5, 0.6) is 5.75 Å². The number of nitrogens with one attached hydrogen (secondary N) is 1. The Labute approximate surface area is 105 Å². The van der Waals surface area contributed by atoms with Crippen LogP contribution in [0.1, 0.15) is 20.7 Å². The highest BCUT2D eigenvalue weighted by molar-refractivity contribution is 5.98. The van der Waals surface area contributed by atoms with Gasteiger partial charge in [-0.2, -0.15) is 0 Å². The molecule has 0 fully saturated rings. The Morgan fingerprint density at radius 3 is 2.44 bits per heavy atom. The van der Waals surface area contributed by atoms with Crippen LogP contribution in [0.3, 0.4) is 0 Å². The molecule has 0 radical (unpaired) electrons. The van der Waals surface area contributed by atoms with Crippen LogP contribution in [0.4, 0.5) is 0 Å². The van der Waals surface area contributed by atoms with Crippen molar-refractivity contribution in [3.8, 4) is 5.75 Å². The lowest BCUT2D eigenvalue weighted by Crippen LogP contribution is -2.27. The number of methoxy groups -OCH3 is 2. The zero-order valence-corrected chi connectivity index (χ0v) is 10.2. The molecule has 1 aromatic rings. The number of amides is 1. The van der Waals surface area contributed by atoms with E-state index in [1.54, 1.807) is 0 Å². The summed E-state index contributed by atoms with van der Waals surface area (Å²) in [5.41, 5.74) is 0.245. The van der Waals surface area contributed by atoms with Crippen LogP contribution in [0.25, 0.3) is 0 Å². The van der Waals surface area contributed by atoms with Crippen LogP contribution in [0, 0.1) is 0 Å². The fraction of sp³-hybridized carbons (Fsp3) is 0.333. The molecular weight excluding hydrogens is 238 g/mol. The molecule has 2 N–H and O–H groups in total. The van der Waals surface area contributed by atoms with E-state index in [0.717, 1.165) is 0 Å². The molecule has 0 heterocycles. The van der Waals surface area contributed by atoms with Gasteiger partial charge >= 0.3 is 5.97 Å². The van der Waals surface area contributed by atoms with Gasteiger partial charge in [-0.05, 0) is 18.2 Å². The molecular formula is C12H15NO5. The maximum Gasteiger partial charge on any atom is 0.335 e. The smallest absolute Gasteiger partial charge is 0.335 e. The predicted molar refractivity (Wildman–Crippen MR) is 64.2 cm³/mol. The number of hydrogen-bond donors (Lipinski definition) is 2. The second-order valence-corrected chi connectivity index (χ2v) is 3.50. The minimum absolute atomic E-state index is 0.00578. The van der Waals surface area contributed by atoms with Crippen molar-refractivity contribution in [3.63, 3.8) is 0 Å². The highest BCUT2D eigenvalue weighted by atomic mass is 16.5. The second-order valence-electron chi connectivity index (χ2n) is 3.50. The van der Waals surface area contributed by atoms with Crippen molar-refractivity contribution < 1.29 is 24.2 Å². The third-order valence-corrected chi connectivity index (χ3v) is 2.24. The normalized spacial score (nSPS) is 9.89. The zero-order valence-electron chi connectivity index (χ0n) is 10.2. The van der Waals surface area contributed by atoms with E-state index < -0.39 is 5.97 Å². The molecule has 0 saturated carbocycles. The Morgan fingerprint density at radius 2 is 1.89 bits per heavy atom. The van der Waals surface area contributed by atoms with Crippen molar-refractivity contribution in [3.05, 3.63) is 29.3 Å². The number of carbonyl (C=O) groups is 2. The summed E-state index contributed by atoms with van der Waals surface area (Å²) < 4.78 is 9.75. The van der Waals surface area contributed by atoms with E-state index in [1.807, 2.05) is 0 Å². The lowest BCUT2D eigenvalue weighted by molar-refractivity contribution is 0.0696. The van der Waals surface area contributed by atoms with Crippen LogP contribution in [0.2, 0.25) is 0 Å². The van der Waals surface area contributed by atoms with Gasteiger partial charge in [0.25, 0.3) is 5.91 Å². The summed E-state index contributed by atoms with van der Waals surface area (Å²) in [6.45, 7) is 0.746. The summed E-state index contributed by atoms with van der Waals surface area (Å²) in [6.07, 6.45) is 0. The highest BCUT2D eigenvalue weighted by Crippen LogP contribution is 2.17. The van der Waals surface area contributed by atoms with Crippen molar-refractivity contribution in [2.75, 3.05) is 27.4 Å². The topological polar surface area (TPSA) is 84.9 Å². The molecule has 6 nitrogen and oxygen atoms in total. The summed E-state index contributed by atoms with van der Waals surface area (Å²) in [7, 11) is 2.94. The van der Waals surface area contributed by atoms with Gasteiger partial charge in [-0.25, -0.2) is 4.79 Å². The molecule has 0 aromatic heterocycles. The van der Waals surface area contributed by atoms with Crippen molar-refractivity contribution >= 4 is 11.9 Å². The number of aromatic carboxylic acids is 1.